The van der Waals surface area contributed by atoms with Gasteiger partial charge in [0.25, 0.3) is 0 Å². The van der Waals surface area contributed by atoms with Gasteiger partial charge in [0.15, 0.2) is 0 Å². The fourth-order valence-electron chi connectivity index (χ4n) is 3.96. The summed E-state index contributed by atoms with van der Waals surface area (Å²) in [7, 11) is 0. The average molecular weight is 346 g/mol. The summed E-state index contributed by atoms with van der Waals surface area (Å²) >= 11 is 0. The third-order valence-corrected chi connectivity index (χ3v) is 5.23. The molecule has 0 radical (unpaired) electrons. The van der Waals surface area contributed by atoms with Crippen LogP contribution < -0.4 is 0 Å². The number of carbonyl (C=O) groups is 1. The second-order valence-electron chi connectivity index (χ2n) is 7.11. The molecule has 2 heterocycles. The number of likely N-dealkylation sites (tertiary alicyclic amines) is 1. The molecule has 0 aliphatic carbocycles. The molecule has 4 nitrogen and oxygen atoms in total. The van der Waals surface area contributed by atoms with Crippen molar-refractivity contribution in [3.8, 4) is 0 Å². The van der Waals surface area contributed by atoms with Crippen LogP contribution in [0, 0.1) is 5.92 Å². The molecule has 1 unspecified atom stereocenters. The predicted octanol–water partition coefficient (Wildman–Crippen LogP) is 4.00. The average Bonchev–Trinajstić information content (AvgIpc) is 3.09. The van der Waals surface area contributed by atoms with E-state index < -0.39 is 5.97 Å². The molecular weight excluding hydrogens is 324 g/mol. The van der Waals surface area contributed by atoms with Gasteiger partial charge < -0.3 is 5.11 Å². The number of benzene rings is 2. The fraction of sp³-hybridized carbons (Fsp3) is 0.273. The molecule has 1 atom stereocenters. The Balaban J connectivity index is 1.42. The van der Waals surface area contributed by atoms with E-state index in [0.717, 1.165) is 31.6 Å². The Bertz CT molecular complexity index is 933. The Morgan fingerprint density at radius 3 is 2.96 bits per heavy atom. The van der Waals surface area contributed by atoms with Crippen LogP contribution in [-0.4, -0.2) is 34.0 Å². The van der Waals surface area contributed by atoms with Crippen molar-refractivity contribution in [2.75, 3.05) is 13.1 Å². The first-order chi connectivity index (χ1) is 12.7. The summed E-state index contributed by atoms with van der Waals surface area (Å²) in [5, 5.41) is 11.6. The molecule has 0 bridgehead atoms. The zero-order valence-corrected chi connectivity index (χ0v) is 14.6. The van der Waals surface area contributed by atoms with Gasteiger partial charge in [-0.1, -0.05) is 30.3 Å². The third-order valence-electron chi connectivity index (χ3n) is 5.23. The van der Waals surface area contributed by atoms with Crippen molar-refractivity contribution in [1.82, 2.24) is 9.88 Å². The van der Waals surface area contributed by atoms with E-state index in [0.29, 0.717) is 11.5 Å². The molecule has 3 aromatic rings. The Morgan fingerprint density at radius 2 is 2.08 bits per heavy atom. The third kappa shape index (κ3) is 3.60. The van der Waals surface area contributed by atoms with Gasteiger partial charge in [-0.05, 0) is 60.0 Å². The molecule has 1 aliphatic heterocycles. The maximum absolute atomic E-state index is 11.1. The van der Waals surface area contributed by atoms with Crippen LogP contribution in [0.15, 0.2) is 60.9 Å². The molecule has 1 saturated heterocycles. The van der Waals surface area contributed by atoms with E-state index >= 15 is 0 Å². The fourth-order valence-corrected chi connectivity index (χ4v) is 3.96. The SMILES string of the molecule is O=C(O)c1cccc(CN2CCC(Cc3cccc4cnccc34)C2)c1. The molecule has 0 saturated carbocycles. The summed E-state index contributed by atoms with van der Waals surface area (Å²) in [6, 6.07) is 15.8. The van der Waals surface area contributed by atoms with Gasteiger partial charge in [0.1, 0.15) is 0 Å². The molecule has 0 amide bonds. The number of carboxylic acids is 1. The van der Waals surface area contributed by atoms with Crippen molar-refractivity contribution in [3.05, 3.63) is 77.6 Å². The van der Waals surface area contributed by atoms with Crippen molar-refractivity contribution in [3.63, 3.8) is 0 Å². The van der Waals surface area contributed by atoms with Gasteiger partial charge in [0.2, 0.25) is 0 Å². The molecule has 132 valence electrons. The lowest BCUT2D eigenvalue weighted by atomic mass is 9.95. The number of aromatic carboxylic acids is 1. The molecule has 2 aromatic carbocycles. The Kier molecular flexibility index (Phi) is 4.67. The number of hydrogen-bond donors (Lipinski definition) is 1. The summed E-state index contributed by atoms with van der Waals surface area (Å²) in [5.74, 6) is -0.229. The highest BCUT2D eigenvalue weighted by molar-refractivity contribution is 5.87. The second kappa shape index (κ2) is 7.26. The molecule has 1 aromatic heterocycles. The summed E-state index contributed by atoms with van der Waals surface area (Å²) in [6.07, 6.45) is 6.05. The molecule has 26 heavy (non-hydrogen) atoms. The number of aromatic nitrogens is 1. The van der Waals surface area contributed by atoms with Crippen LogP contribution in [0.2, 0.25) is 0 Å². The van der Waals surface area contributed by atoms with E-state index in [2.05, 4.69) is 34.1 Å². The quantitative estimate of drug-likeness (QED) is 0.759. The van der Waals surface area contributed by atoms with Crippen LogP contribution in [0.4, 0.5) is 0 Å². The molecule has 0 spiro atoms. The van der Waals surface area contributed by atoms with Gasteiger partial charge >= 0.3 is 5.97 Å². The number of carboxylic acid groups (broad SMARTS) is 1. The first-order valence-electron chi connectivity index (χ1n) is 9.05. The largest absolute Gasteiger partial charge is 0.478 e. The first-order valence-corrected chi connectivity index (χ1v) is 9.05. The molecule has 1 fully saturated rings. The number of fused-ring (bicyclic) bond motifs is 1. The van der Waals surface area contributed by atoms with Gasteiger partial charge in [-0.2, -0.15) is 0 Å². The van der Waals surface area contributed by atoms with E-state index in [4.69, 9.17) is 5.11 Å². The molecule has 1 N–H and O–H groups in total. The highest BCUT2D eigenvalue weighted by Gasteiger charge is 2.23. The minimum atomic E-state index is -0.864. The lowest BCUT2D eigenvalue weighted by Gasteiger charge is -2.17. The van der Waals surface area contributed by atoms with E-state index in [-0.39, 0.29) is 0 Å². The summed E-state index contributed by atoms with van der Waals surface area (Å²) in [6.45, 7) is 2.93. The molecule has 4 heteroatoms. The Morgan fingerprint density at radius 1 is 1.19 bits per heavy atom. The maximum atomic E-state index is 11.1. The first kappa shape index (κ1) is 16.7. The van der Waals surface area contributed by atoms with Crippen molar-refractivity contribution >= 4 is 16.7 Å². The van der Waals surface area contributed by atoms with E-state index in [9.17, 15) is 4.79 Å². The van der Waals surface area contributed by atoms with Gasteiger partial charge in [-0.25, -0.2) is 4.79 Å². The number of rotatable bonds is 5. The van der Waals surface area contributed by atoms with Gasteiger partial charge in [-0.15, -0.1) is 0 Å². The lowest BCUT2D eigenvalue weighted by Crippen LogP contribution is -2.20. The zero-order valence-electron chi connectivity index (χ0n) is 14.6. The van der Waals surface area contributed by atoms with Crippen LogP contribution in [0.25, 0.3) is 10.8 Å². The highest BCUT2D eigenvalue weighted by atomic mass is 16.4. The number of hydrogen-bond acceptors (Lipinski definition) is 3. The predicted molar refractivity (Wildman–Crippen MR) is 102 cm³/mol. The minimum Gasteiger partial charge on any atom is -0.478 e. The molecule has 4 rings (SSSR count). The van der Waals surface area contributed by atoms with Gasteiger partial charge in [0, 0.05) is 30.9 Å². The minimum absolute atomic E-state index is 0.364. The van der Waals surface area contributed by atoms with Gasteiger partial charge in [-0.3, -0.25) is 9.88 Å². The summed E-state index contributed by atoms with van der Waals surface area (Å²) < 4.78 is 0. The van der Waals surface area contributed by atoms with Crippen LogP contribution in [0.1, 0.15) is 27.9 Å². The van der Waals surface area contributed by atoms with Crippen molar-refractivity contribution in [2.45, 2.75) is 19.4 Å². The van der Waals surface area contributed by atoms with E-state index in [1.165, 1.54) is 22.8 Å². The zero-order chi connectivity index (χ0) is 17.9. The number of pyridine rings is 1. The van der Waals surface area contributed by atoms with Crippen LogP contribution >= 0.6 is 0 Å². The standard InChI is InChI=1S/C22H22N2O2/c25-22(26)19-5-1-3-16(12-19)14-24-10-8-17(15-24)11-18-4-2-6-20-13-23-9-7-21(18)20/h1-7,9,12-13,17H,8,10-11,14-15H2,(H,25,26). The Labute approximate surface area is 153 Å². The van der Waals surface area contributed by atoms with Crippen LogP contribution in [0.3, 0.4) is 0 Å². The number of nitrogens with zero attached hydrogens (tertiary/aromatic N) is 2. The van der Waals surface area contributed by atoms with Crippen molar-refractivity contribution in [1.29, 1.82) is 0 Å². The van der Waals surface area contributed by atoms with Gasteiger partial charge in [0.05, 0.1) is 5.56 Å². The lowest BCUT2D eigenvalue weighted by molar-refractivity contribution is 0.0696. The van der Waals surface area contributed by atoms with Crippen LogP contribution in [-0.2, 0) is 13.0 Å². The summed E-state index contributed by atoms with van der Waals surface area (Å²) in [4.78, 5) is 17.8. The molecule has 1 aliphatic rings. The van der Waals surface area contributed by atoms with E-state index in [1.807, 2.05) is 24.5 Å². The molecular formula is C22H22N2O2. The smallest absolute Gasteiger partial charge is 0.335 e. The monoisotopic (exact) mass is 346 g/mol. The topological polar surface area (TPSA) is 53.4 Å². The van der Waals surface area contributed by atoms with E-state index in [1.54, 1.807) is 12.1 Å². The normalized spacial score (nSPS) is 17.6. The van der Waals surface area contributed by atoms with Crippen molar-refractivity contribution in [2.24, 2.45) is 5.92 Å². The summed E-state index contributed by atoms with van der Waals surface area (Å²) in [5.41, 5.74) is 2.83. The second-order valence-corrected chi connectivity index (χ2v) is 7.11. The highest BCUT2D eigenvalue weighted by Crippen LogP contribution is 2.26. The Hall–Kier alpha value is -2.72. The van der Waals surface area contributed by atoms with Crippen molar-refractivity contribution < 1.29 is 9.90 Å². The van der Waals surface area contributed by atoms with Crippen LogP contribution in [0.5, 0.6) is 0 Å². The maximum Gasteiger partial charge on any atom is 0.335 e.